The Hall–Kier alpha value is -1.02. The second-order valence-electron chi connectivity index (χ2n) is 3.63. The van der Waals surface area contributed by atoms with E-state index in [1.54, 1.807) is 0 Å². The van der Waals surface area contributed by atoms with Crippen molar-refractivity contribution in [2.24, 2.45) is 5.92 Å². The van der Waals surface area contributed by atoms with Gasteiger partial charge in [0.05, 0.1) is 0 Å². The molecule has 0 heterocycles. The van der Waals surface area contributed by atoms with Crippen LogP contribution in [-0.4, -0.2) is 5.91 Å². The summed E-state index contributed by atoms with van der Waals surface area (Å²) in [6, 6.07) is 7.58. The zero-order valence-electron chi connectivity index (χ0n) is 9.09. The first kappa shape index (κ1) is 12.1. The summed E-state index contributed by atoms with van der Waals surface area (Å²) in [6.07, 6.45) is 0.853. The summed E-state index contributed by atoms with van der Waals surface area (Å²) in [6.45, 7) is 3.92. The molecule has 15 heavy (non-hydrogen) atoms. The highest BCUT2D eigenvalue weighted by Crippen LogP contribution is 2.13. The molecular weight excluding hydrogens is 210 g/mol. The summed E-state index contributed by atoms with van der Waals surface area (Å²) < 4.78 is 0. The molecule has 0 aromatic heterocycles. The van der Waals surface area contributed by atoms with Gasteiger partial charge in [-0.25, -0.2) is 0 Å². The molecule has 0 bridgehead atoms. The van der Waals surface area contributed by atoms with E-state index in [2.05, 4.69) is 5.32 Å². The van der Waals surface area contributed by atoms with E-state index in [0.29, 0.717) is 5.88 Å². The number of halogens is 1. The van der Waals surface area contributed by atoms with Crippen molar-refractivity contribution < 1.29 is 4.79 Å². The number of anilines is 1. The van der Waals surface area contributed by atoms with Gasteiger partial charge in [0.2, 0.25) is 5.91 Å². The van der Waals surface area contributed by atoms with Gasteiger partial charge in [0.1, 0.15) is 0 Å². The third kappa shape index (κ3) is 3.56. The molecule has 0 saturated carbocycles. The Bertz CT molecular complexity index is 321. The zero-order valence-corrected chi connectivity index (χ0v) is 9.84. The Morgan fingerprint density at radius 3 is 2.47 bits per heavy atom. The minimum Gasteiger partial charge on any atom is -0.326 e. The van der Waals surface area contributed by atoms with Crippen LogP contribution in [0.3, 0.4) is 0 Å². The maximum absolute atomic E-state index is 11.6. The molecule has 1 rings (SSSR count). The van der Waals surface area contributed by atoms with Crippen LogP contribution in [0.4, 0.5) is 5.69 Å². The van der Waals surface area contributed by atoms with Gasteiger partial charge < -0.3 is 5.32 Å². The number of carbonyl (C=O) groups excluding carboxylic acids is 1. The number of alkyl halides is 1. The minimum absolute atomic E-state index is 0.0534. The van der Waals surface area contributed by atoms with E-state index in [1.807, 2.05) is 38.1 Å². The van der Waals surface area contributed by atoms with Gasteiger partial charge >= 0.3 is 0 Å². The number of hydrogen-bond acceptors (Lipinski definition) is 1. The minimum atomic E-state index is 0.0534. The number of hydrogen-bond donors (Lipinski definition) is 1. The summed E-state index contributed by atoms with van der Waals surface area (Å²) >= 11 is 5.67. The van der Waals surface area contributed by atoms with Crippen molar-refractivity contribution >= 4 is 23.2 Å². The van der Waals surface area contributed by atoms with E-state index in [0.717, 1.165) is 17.7 Å². The quantitative estimate of drug-likeness (QED) is 0.782. The van der Waals surface area contributed by atoms with E-state index >= 15 is 0 Å². The molecule has 0 radical (unpaired) electrons. The molecule has 0 aliphatic rings. The molecule has 0 spiro atoms. The van der Waals surface area contributed by atoms with Crippen LogP contribution in [0.5, 0.6) is 0 Å². The van der Waals surface area contributed by atoms with Gasteiger partial charge in [-0.3, -0.25) is 4.79 Å². The van der Waals surface area contributed by atoms with Gasteiger partial charge in [-0.2, -0.15) is 0 Å². The highest BCUT2D eigenvalue weighted by molar-refractivity contribution is 6.17. The maximum Gasteiger partial charge on any atom is 0.227 e. The van der Waals surface area contributed by atoms with Crippen LogP contribution in [0.1, 0.15) is 25.8 Å². The molecule has 2 nitrogen and oxygen atoms in total. The van der Waals surface area contributed by atoms with E-state index in [4.69, 9.17) is 11.6 Å². The average Bonchev–Trinajstić information content (AvgIpc) is 2.29. The van der Waals surface area contributed by atoms with Gasteiger partial charge in [-0.15, -0.1) is 11.6 Å². The molecule has 1 N–H and O–H groups in total. The summed E-state index contributed by atoms with van der Waals surface area (Å²) in [7, 11) is 0. The largest absolute Gasteiger partial charge is 0.326 e. The average molecular weight is 226 g/mol. The lowest BCUT2D eigenvalue weighted by atomic mass is 10.1. The Kier molecular flexibility index (Phi) is 4.63. The van der Waals surface area contributed by atoms with Crippen LogP contribution < -0.4 is 5.32 Å². The van der Waals surface area contributed by atoms with Gasteiger partial charge in [0.25, 0.3) is 0 Å². The van der Waals surface area contributed by atoms with Crippen LogP contribution in [0, 0.1) is 5.92 Å². The summed E-state index contributed by atoms with van der Waals surface area (Å²) in [5, 5.41) is 2.86. The smallest absolute Gasteiger partial charge is 0.227 e. The van der Waals surface area contributed by atoms with Gasteiger partial charge in [-0.05, 0) is 24.1 Å². The first-order chi connectivity index (χ1) is 7.17. The lowest BCUT2D eigenvalue weighted by molar-refractivity contribution is -0.119. The first-order valence-electron chi connectivity index (χ1n) is 5.13. The van der Waals surface area contributed by atoms with Crippen LogP contribution >= 0.6 is 11.6 Å². The molecule has 0 fully saturated rings. The summed E-state index contributed by atoms with van der Waals surface area (Å²) in [5.74, 6) is 0.619. The second kappa shape index (κ2) is 5.76. The fourth-order valence-electron chi connectivity index (χ4n) is 1.13. The highest BCUT2D eigenvalue weighted by atomic mass is 35.5. The van der Waals surface area contributed by atoms with E-state index < -0.39 is 0 Å². The second-order valence-corrected chi connectivity index (χ2v) is 3.90. The lowest BCUT2D eigenvalue weighted by Crippen LogP contribution is -2.19. The molecule has 0 aliphatic carbocycles. The number of benzene rings is 1. The zero-order chi connectivity index (χ0) is 11.3. The van der Waals surface area contributed by atoms with Crippen molar-refractivity contribution in [2.45, 2.75) is 26.1 Å². The Balaban J connectivity index is 2.61. The fraction of sp³-hybridized carbons (Fsp3) is 0.417. The molecule has 1 amide bonds. The van der Waals surface area contributed by atoms with Crippen molar-refractivity contribution in [2.75, 3.05) is 5.32 Å². The van der Waals surface area contributed by atoms with Crippen LogP contribution in [0.2, 0.25) is 0 Å². The van der Waals surface area contributed by atoms with E-state index in [-0.39, 0.29) is 11.8 Å². The number of amides is 1. The van der Waals surface area contributed by atoms with Crippen LogP contribution in [0.15, 0.2) is 24.3 Å². The summed E-state index contributed by atoms with van der Waals surface area (Å²) in [5.41, 5.74) is 1.88. The normalized spacial score (nSPS) is 12.2. The van der Waals surface area contributed by atoms with Gasteiger partial charge in [0.15, 0.2) is 0 Å². The van der Waals surface area contributed by atoms with Crippen molar-refractivity contribution in [3.63, 3.8) is 0 Å². The topological polar surface area (TPSA) is 29.1 Å². The SMILES string of the molecule is CCC(C)C(=O)Nc1ccc(CCl)cc1. The molecule has 1 aromatic carbocycles. The summed E-state index contributed by atoms with van der Waals surface area (Å²) in [4.78, 5) is 11.6. The maximum atomic E-state index is 11.6. The van der Waals surface area contributed by atoms with E-state index in [9.17, 15) is 4.79 Å². The molecule has 1 atom stereocenters. The lowest BCUT2D eigenvalue weighted by Gasteiger charge is -2.09. The third-order valence-electron chi connectivity index (χ3n) is 2.44. The highest BCUT2D eigenvalue weighted by Gasteiger charge is 2.09. The number of nitrogens with one attached hydrogen (secondary N) is 1. The molecule has 0 aliphatic heterocycles. The third-order valence-corrected chi connectivity index (χ3v) is 2.74. The molecule has 1 aromatic rings. The number of rotatable bonds is 4. The molecule has 1 unspecified atom stereocenters. The predicted octanol–water partition coefficient (Wildman–Crippen LogP) is 3.41. The van der Waals surface area contributed by atoms with Crippen molar-refractivity contribution in [1.29, 1.82) is 0 Å². The van der Waals surface area contributed by atoms with Crippen molar-refractivity contribution in [3.8, 4) is 0 Å². The molecule has 0 saturated heterocycles. The van der Waals surface area contributed by atoms with Crippen molar-refractivity contribution in [1.82, 2.24) is 0 Å². The van der Waals surface area contributed by atoms with Gasteiger partial charge in [0, 0.05) is 17.5 Å². The van der Waals surface area contributed by atoms with Crippen LogP contribution in [-0.2, 0) is 10.7 Å². The fourth-order valence-corrected chi connectivity index (χ4v) is 1.31. The molecule has 3 heteroatoms. The molecular formula is C12H16ClNO. The Labute approximate surface area is 95.6 Å². The Morgan fingerprint density at radius 2 is 2.00 bits per heavy atom. The predicted molar refractivity (Wildman–Crippen MR) is 64.1 cm³/mol. The first-order valence-corrected chi connectivity index (χ1v) is 5.66. The number of carbonyl (C=O) groups is 1. The molecule has 82 valence electrons. The monoisotopic (exact) mass is 225 g/mol. The Morgan fingerprint density at radius 1 is 1.40 bits per heavy atom. The van der Waals surface area contributed by atoms with E-state index in [1.165, 1.54) is 0 Å². The van der Waals surface area contributed by atoms with Crippen LogP contribution in [0.25, 0.3) is 0 Å². The standard InChI is InChI=1S/C12H16ClNO/c1-3-9(2)12(15)14-11-6-4-10(8-13)5-7-11/h4-7,9H,3,8H2,1-2H3,(H,14,15). The van der Waals surface area contributed by atoms with Crippen molar-refractivity contribution in [3.05, 3.63) is 29.8 Å². The van der Waals surface area contributed by atoms with Gasteiger partial charge in [-0.1, -0.05) is 26.0 Å².